The molecule has 0 bridgehead atoms. The van der Waals surface area contributed by atoms with Gasteiger partial charge in [0.2, 0.25) is 0 Å². The maximum Gasteiger partial charge on any atom is 0.264 e. The van der Waals surface area contributed by atoms with Crippen molar-refractivity contribution in [2.75, 3.05) is 26.0 Å². The third kappa shape index (κ3) is 5.61. The average molecular weight is 297 g/mol. The van der Waals surface area contributed by atoms with Crippen LogP contribution < -0.4 is 0 Å². The molecule has 2 rings (SSSR count). The van der Waals surface area contributed by atoms with E-state index in [-0.39, 0.29) is 6.61 Å². The van der Waals surface area contributed by atoms with Crippen LogP contribution in [0, 0.1) is 0 Å². The first-order valence-corrected chi connectivity index (χ1v) is 8.99. The van der Waals surface area contributed by atoms with Gasteiger partial charge in [0, 0.05) is 6.54 Å². The SMILES string of the molecule is CS(=O)(=O)OCCc1ccc(CN2CCCCC2)cc1. The van der Waals surface area contributed by atoms with Crippen LogP contribution in [-0.2, 0) is 27.3 Å². The zero-order chi connectivity index (χ0) is 14.4. The smallest absolute Gasteiger partial charge is 0.264 e. The summed E-state index contributed by atoms with van der Waals surface area (Å²) in [4.78, 5) is 2.49. The number of likely N-dealkylation sites (tertiary alicyclic amines) is 1. The molecule has 1 aliphatic rings. The molecule has 0 radical (unpaired) electrons. The maximum atomic E-state index is 10.9. The summed E-state index contributed by atoms with van der Waals surface area (Å²) in [6, 6.07) is 8.38. The average Bonchev–Trinajstić information content (AvgIpc) is 2.41. The van der Waals surface area contributed by atoms with Gasteiger partial charge in [-0.05, 0) is 43.5 Å². The van der Waals surface area contributed by atoms with Crippen LogP contribution in [0.2, 0.25) is 0 Å². The van der Waals surface area contributed by atoms with Crippen molar-refractivity contribution in [1.29, 1.82) is 0 Å². The number of benzene rings is 1. The fraction of sp³-hybridized carbons (Fsp3) is 0.600. The second-order valence-electron chi connectivity index (χ2n) is 5.43. The summed E-state index contributed by atoms with van der Waals surface area (Å²) in [6.07, 6.45) is 5.67. The van der Waals surface area contributed by atoms with Crippen molar-refractivity contribution < 1.29 is 12.6 Å². The number of hydrogen-bond donors (Lipinski definition) is 0. The summed E-state index contributed by atoms with van der Waals surface area (Å²) in [5.74, 6) is 0. The van der Waals surface area contributed by atoms with Crippen LogP contribution >= 0.6 is 0 Å². The molecule has 0 saturated carbocycles. The number of piperidine rings is 1. The monoisotopic (exact) mass is 297 g/mol. The molecule has 1 saturated heterocycles. The fourth-order valence-electron chi connectivity index (χ4n) is 2.50. The van der Waals surface area contributed by atoms with Gasteiger partial charge in [-0.1, -0.05) is 30.7 Å². The molecular weight excluding hydrogens is 274 g/mol. The summed E-state index contributed by atoms with van der Waals surface area (Å²) in [6.45, 7) is 3.62. The number of hydrogen-bond acceptors (Lipinski definition) is 4. The molecule has 0 aliphatic carbocycles. The molecule has 1 aliphatic heterocycles. The van der Waals surface area contributed by atoms with Gasteiger partial charge in [0.25, 0.3) is 10.1 Å². The second kappa shape index (κ2) is 7.20. The van der Waals surface area contributed by atoms with Gasteiger partial charge in [0.05, 0.1) is 12.9 Å². The van der Waals surface area contributed by atoms with Gasteiger partial charge in [-0.15, -0.1) is 0 Å². The first-order valence-electron chi connectivity index (χ1n) is 7.17. The zero-order valence-corrected chi connectivity index (χ0v) is 12.9. The van der Waals surface area contributed by atoms with Gasteiger partial charge < -0.3 is 0 Å². The Balaban J connectivity index is 1.80. The maximum absolute atomic E-state index is 10.9. The van der Waals surface area contributed by atoms with Gasteiger partial charge in [-0.3, -0.25) is 9.08 Å². The Hall–Kier alpha value is -0.910. The normalized spacial score (nSPS) is 17.2. The van der Waals surface area contributed by atoms with E-state index in [1.165, 1.54) is 37.9 Å². The van der Waals surface area contributed by atoms with Crippen molar-refractivity contribution in [1.82, 2.24) is 4.90 Å². The van der Waals surface area contributed by atoms with Gasteiger partial charge >= 0.3 is 0 Å². The Morgan fingerprint density at radius 3 is 2.25 bits per heavy atom. The summed E-state index contributed by atoms with van der Waals surface area (Å²) >= 11 is 0. The molecule has 0 amide bonds. The lowest BCUT2D eigenvalue weighted by molar-refractivity contribution is 0.221. The van der Waals surface area contributed by atoms with Crippen molar-refractivity contribution in [3.63, 3.8) is 0 Å². The molecule has 0 aromatic heterocycles. The largest absolute Gasteiger partial charge is 0.299 e. The van der Waals surface area contributed by atoms with Crippen LogP contribution in [-0.4, -0.2) is 39.3 Å². The van der Waals surface area contributed by atoms with Gasteiger partial charge in [-0.2, -0.15) is 8.42 Å². The summed E-state index contributed by atoms with van der Waals surface area (Å²) < 4.78 is 26.5. The van der Waals surface area contributed by atoms with E-state index in [4.69, 9.17) is 4.18 Å². The molecular formula is C15H23NO3S. The lowest BCUT2D eigenvalue weighted by atomic mass is 10.1. The predicted octanol–water partition coefficient (Wildman–Crippen LogP) is 2.19. The molecule has 1 heterocycles. The van der Waals surface area contributed by atoms with Crippen LogP contribution in [0.5, 0.6) is 0 Å². The summed E-state index contributed by atoms with van der Waals surface area (Å²) in [5, 5.41) is 0. The van der Waals surface area contributed by atoms with Crippen LogP contribution in [0.1, 0.15) is 30.4 Å². The summed E-state index contributed by atoms with van der Waals surface area (Å²) in [5.41, 5.74) is 2.43. The van der Waals surface area contributed by atoms with E-state index in [1.807, 2.05) is 0 Å². The van der Waals surface area contributed by atoms with Gasteiger partial charge in [0.1, 0.15) is 0 Å². The zero-order valence-electron chi connectivity index (χ0n) is 12.0. The highest BCUT2D eigenvalue weighted by molar-refractivity contribution is 7.85. The molecule has 4 nitrogen and oxygen atoms in total. The molecule has 1 aromatic carbocycles. The molecule has 1 fully saturated rings. The summed E-state index contributed by atoms with van der Waals surface area (Å²) in [7, 11) is -3.33. The van der Waals surface area contributed by atoms with E-state index in [2.05, 4.69) is 29.2 Å². The molecule has 0 atom stereocenters. The number of rotatable bonds is 6. The molecule has 0 N–H and O–H groups in total. The van der Waals surface area contributed by atoms with Crippen molar-refractivity contribution in [2.24, 2.45) is 0 Å². The lowest BCUT2D eigenvalue weighted by Crippen LogP contribution is -2.29. The Morgan fingerprint density at radius 2 is 1.65 bits per heavy atom. The molecule has 1 aromatic rings. The Bertz CT molecular complexity index is 504. The molecule has 5 heteroatoms. The van der Waals surface area contributed by atoms with E-state index in [0.717, 1.165) is 18.4 Å². The molecule has 20 heavy (non-hydrogen) atoms. The molecule has 0 spiro atoms. The quantitative estimate of drug-likeness (QED) is 0.755. The lowest BCUT2D eigenvalue weighted by Gasteiger charge is -2.26. The van der Waals surface area contributed by atoms with Crippen LogP contribution in [0.3, 0.4) is 0 Å². The topological polar surface area (TPSA) is 46.6 Å². The third-order valence-electron chi connectivity index (χ3n) is 3.57. The van der Waals surface area contributed by atoms with Crippen molar-refractivity contribution in [3.05, 3.63) is 35.4 Å². The van der Waals surface area contributed by atoms with Crippen molar-refractivity contribution >= 4 is 10.1 Å². The highest BCUT2D eigenvalue weighted by Crippen LogP contribution is 2.13. The van der Waals surface area contributed by atoms with E-state index in [0.29, 0.717) is 6.42 Å². The minimum atomic E-state index is -3.33. The number of nitrogens with zero attached hydrogens (tertiary/aromatic N) is 1. The first kappa shape index (κ1) is 15.5. The van der Waals surface area contributed by atoms with Gasteiger partial charge in [-0.25, -0.2) is 0 Å². The van der Waals surface area contributed by atoms with Crippen LogP contribution in [0.4, 0.5) is 0 Å². The third-order valence-corrected chi connectivity index (χ3v) is 4.16. The van der Waals surface area contributed by atoms with E-state index >= 15 is 0 Å². The first-order chi connectivity index (χ1) is 9.53. The minimum Gasteiger partial charge on any atom is -0.299 e. The van der Waals surface area contributed by atoms with Crippen LogP contribution in [0.15, 0.2) is 24.3 Å². The minimum absolute atomic E-state index is 0.213. The van der Waals surface area contributed by atoms with Crippen LogP contribution in [0.25, 0.3) is 0 Å². The standard InChI is InChI=1S/C15H23NO3S/c1-20(17,18)19-12-9-14-5-7-15(8-6-14)13-16-10-3-2-4-11-16/h5-8H,2-4,9-13H2,1H3. The Labute approximate surface area is 121 Å². The Morgan fingerprint density at radius 1 is 1.05 bits per heavy atom. The Kier molecular flexibility index (Phi) is 5.57. The second-order valence-corrected chi connectivity index (χ2v) is 7.07. The highest BCUT2D eigenvalue weighted by atomic mass is 32.2. The molecule has 0 unspecified atom stereocenters. The van der Waals surface area contributed by atoms with E-state index in [9.17, 15) is 8.42 Å². The highest BCUT2D eigenvalue weighted by Gasteiger charge is 2.10. The van der Waals surface area contributed by atoms with Gasteiger partial charge in [0.15, 0.2) is 0 Å². The van der Waals surface area contributed by atoms with Crippen molar-refractivity contribution in [2.45, 2.75) is 32.2 Å². The van der Waals surface area contributed by atoms with Crippen molar-refractivity contribution in [3.8, 4) is 0 Å². The predicted molar refractivity (Wildman–Crippen MR) is 80.1 cm³/mol. The molecule has 112 valence electrons. The fourth-order valence-corrected chi connectivity index (χ4v) is 2.88. The van der Waals surface area contributed by atoms with E-state index in [1.54, 1.807) is 0 Å². The van der Waals surface area contributed by atoms with E-state index < -0.39 is 10.1 Å².